The van der Waals surface area contributed by atoms with E-state index in [-0.39, 0.29) is 0 Å². The number of hydrogen-bond donors (Lipinski definition) is 2. The van der Waals surface area contributed by atoms with E-state index in [1.165, 1.54) is 51.9 Å². The largest absolute Gasteiger partial charge is 0.388 e. The summed E-state index contributed by atoms with van der Waals surface area (Å²) in [7, 11) is 0. The monoisotopic (exact) mass is 295 g/mol. The molecular formula is C17H33N3O. The topological polar surface area (TPSA) is 52.7 Å². The summed E-state index contributed by atoms with van der Waals surface area (Å²) in [4.78, 5) is 5.32. The van der Waals surface area contributed by atoms with E-state index >= 15 is 0 Å². The van der Waals surface area contributed by atoms with Crippen LogP contribution >= 0.6 is 0 Å². The fraction of sp³-hybridized carbons (Fsp3) is 1.00. The van der Waals surface area contributed by atoms with Crippen LogP contribution in [0.3, 0.4) is 0 Å². The third kappa shape index (κ3) is 3.61. The van der Waals surface area contributed by atoms with Crippen LogP contribution in [0.1, 0.15) is 51.4 Å². The van der Waals surface area contributed by atoms with Crippen LogP contribution in [0.25, 0.3) is 0 Å². The van der Waals surface area contributed by atoms with Crippen LogP contribution < -0.4 is 5.73 Å². The zero-order chi connectivity index (χ0) is 14.7. The van der Waals surface area contributed by atoms with Gasteiger partial charge >= 0.3 is 0 Å². The Morgan fingerprint density at radius 2 is 1.71 bits per heavy atom. The summed E-state index contributed by atoms with van der Waals surface area (Å²) >= 11 is 0. The van der Waals surface area contributed by atoms with Gasteiger partial charge in [-0.3, -0.25) is 4.90 Å². The van der Waals surface area contributed by atoms with Crippen LogP contribution in [0.2, 0.25) is 0 Å². The van der Waals surface area contributed by atoms with E-state index < -0.39 is 5.60 Å². The van der Waals surface area contributed by atoms with Crippen LogP contribution in [0.4, 0.5) is 0 Å². The highest BCUT2D eigenvalue weighted by Gasteiger charge is 2.39. The second-order valence-corrected chi connectivity index (χ2v) is 7.50. The van der Waals surface area contributed by atoms with E-state index in [1.54, 1.807) is 0 Å². The molecule has 3 fully saturated rings. The molecule has 3 rings (SSSR count). The average molecular weight is 295 g/mol. The van der Waals surface area contributed by atoms with Crippen molar-refractivity contribution in [2.24, 2.45) is 11.7 Å². The minimum Gasteiger partial charge on any atom is -0.388 e. The summed E-state index contributed by atoms with van der Waals surface area (Å²) in [6, 6.07) is 0.879. The Kier molecular flexibility index (Phi) is 5.20. The van der Waals surface area contributed by atoms with Crippen molar-refractivity contribution in [3.8, 4) is 0 Å². The number of hydrogen-bond acceptors (Lipinski definition) is 4. The number of nitrogens with two attached hydrogens (primary N) is 1. The summed E-state index contributed by atoms with van der Waals surface area (Å²) in [5.74, 6) is 0.426. The maximum absolute atomic E-state index is 10.5. The van der Waals surface area contributed by atoms with Gasteiger partial charge in [0.05, 0.1) is 5.60 Å². The molecule has 2 saturated carbocycles. The number of aliphatic hydroxyl groups is 1. The van der Waals surface area contributed by atoms with Gasteiger partial charge in [-0.25, -0.2) is 0 Å². The van der Waals surface area contributed by atoms with Gasteiger partial charge < -0.3 is 15.7 Å². The van der Waals surface area contributed by atoms with Gasteiger partial charge in [0.2, 0.25) is 0 Å². The van der Waals surface area contributed by atoms with E-state index in [1.807, 2.05) is 0 Å². The normalized spacial score (nSPS) is 36.6. The standard InChI is InChI=1S/C17H33N3O/c18-14-17(21)8-3-4-15(17)7-9-19-10-12-20(13-11-19)16-5-1-2-6-16/h15-16,21H,1-14,18H2. The summed E-state index contributed by atoms with van der Waals surface area (Å²) < 4.78 is 0. The molecule has 1 saturated heterocycles. The molecule has 0 aromatic rings. The van der Waals surface area contributed by atoms with E-state index in [9.17, 15) is 5.11 Å². The molecule has 4 nitrogen and oxygen atoms in total. The lowest BCUT2D eigenvalue weighted by molar-refractivity contribution is 0.00185. The number of piperazine rings is 1. The molecule has 2 atom stereocenters. The highest BCUT2D eigenvalue weighted by Crippen LogP contribution is 2.37. The smallest absolute Gasteiger partial charge is 0.0797 e. The minimum absolute atomic E-state index is 0.426. The van der Waals surface area contributed by atoms with Gasteiger partial charge in [-0.15, -0.1) is 0 Å². The van der Waals surface area contributed by atoms with Crippen molar-refractivity contribution in [2.45, 2.75) is 63.0 Å². The molecule has 0 bridgehead atoms. The summed E-state index contributed by atoms with van der Waals surface area (Å²) in [5.41, 5.74) is 5.22. The van der Waals surface area contributed by atoms with Crippen molar-refractivity contribution in [2.75, 3.05) is 39.3 Å². The number of nitrogens with zero attached hydrogens (tertiary/aromatic N) is 2. The van der Waals surface area contributed by atoms with Crippen molar-refractivity contribution in [3.05, 3.63) is 0 Å². The van der Waals surface area contributed by atoms with Crippen LogP contribution in [0, 0.1) is 5.92 Å². The Bertz CT molecular complexity index is 324. The lowest BCUT2D eigenvalue weighted by atomic mass is 9.88. The lowest BCUT2D eigenvalue weighted by Gasteiger charge is -2.39. The molecule has 1 heterocycles. The second kappa shape index (κ2) is 6.95. The van der Waals surface area contributed by atoms with E-state index in [4.69, 9.17) is 5.73 Å². The van der Waals surface area contributed by atoms with Crippen LogP contribution in [0.15, 0.2) is 0 Å². The van der Waals surface area contributed by atoms with Crippen molar-refractivity contribution in [1.29, 1.82) is 0 Å². The maximum Gasteiger partial charge on any atom is 0.0797 e. The summed E-state index contributed by atoms with van der Waals surface area (Å²) in [5, 5.41) is 10.5. The Morgan fingerprint density at radius 1 is 1.00 bits per heavy atom. The average Bonchev–Trinajstić information content (AvgIpc) is 3.16. The second-order valence-electron chi connectivity index (χ2n) is 7.50. The molecule has 0 aromatic heterocycles. The maximum atomic E-state index is 10.5. The first-order valence-electron chi connectivity index (χ1n) is 9.10. The van der Waals surface area contributed by atoms with Gasteiger partial charge in [0, 0.05) is 38.8 Å². The molecule has 21 heavy (non-hydrogen) atoms. The third-order valence-corrected chi connectivity index (χ3v) is 6.32. The van der Waals surface area contributed by atoms with Gasteiger partial charge in [0.1, 0.15) is 0 Å². The number of rotatable bonds is 5. The summed E-state index contributed by atoms with van der Waals surface area (Å²) in [6.07, 6.45) is 10.1. The minimum atomic E-state index is -0.564. The van der Waals surface area contributed by atoms with Gasteiger partial charge in [-0.2, -0.15) is 0 Å². The first kappa shape index (κ1) is 15.7. The Balaban J connectivity index is 1.39. The molecule has 3 aliphatic rings. The molecule has 2 aliphatic carbocycles. The van der Waals surface area contributed by atoms with Crippen LogP contribution in [0.5, 0.6) is 0 Å². The molecule has 2 unspecified atom stereocenters. The molecule has 4 heteroatoms. The molecule has 1 aliphatic heterocycles. The molecule has 3 N–H and O–H groups in total. The third-order valence-electron chi connectivity index (χ3n) is 6.32. The first-order valence-corrected chi connectivity index (χ1v) is 9.10. The van der Waals surface area contributed by atoms with E-state index in [0.717, 1.165) is 38.3 Å². The predicted octanol–water partition coefficient (Wildman–Crippen LogP) is 1.43. The highest BCUT2D eigenvalue weighted by molar-refractivity contribution is 4.93. The van der Waals surface area contributed by atoms with Crippen LogP contribution in [-0.4, -0.2) is 65.8 Å². The van der Waals surface area contributed by atoms with Gasteiger partial charge in [-0.1, -0.05) is 19.3 Å². The Labute approximate surface area is 129 Å². The fourth-order valence-electron chi connectivity index (χ4n) is 4.77. The van der Waals surface area contributed by atoms with E-state index in [2.05, 4.69) is 9.80 Å². The molecule has 0 radical (unpaired) electrons. The first-order chi connectivity index (χ1) is 10.2. The SMILES string of the molecule is NCC1(O)CCCC1CCN1CCN(C2CCCC2)CC1. The van der Waals surface area contributed by atoms with Crippen molar-refractivity contribution in [1.82, 2.24) is 9.80 Å². The van der Waals surface area contributed by atoms with Crippen LogP contribution in [-0.2, 0) is 0 Å². The molecule has 0 aromatic carbocycles. The molecule has 0 amide bonds. The van der Waals surface area contributed by atoms with Crippen molar-refractivity contribution in [3.63, 3.8) is 0 Å². The zero-order valence-electron chi connectivity index (χ0n) is 13.5. The summed E-state index contributed by atoms with van der Waals surface area (Å²) in [6.45, 7) is 6.50. The zero-order valence-corrected chi connectivity index (χ0v) is 13.5. The lowest BCUT2D eigenvalue weighted by Crippen LogP contribution is -2.50. The highest BCUT2D eigenvalue weighted by atomic mass is 16.3. The van der Waals surface area contributed by atoms with E-state index in [0.29, 0.717) is 12.5 Å². The molecular weight excluding hydrogens is 262 g/mol. The van der Waals surface area contributed by atoms with Gasteiger partial charge in [0.15, 0.2) is 0 Å². The predicted molar refractivity (Wildman–Crippen MR) is 86.2 cm³/mol. The van der Waals surface area contributed by atoms with Gasteiger partial charge in [-0.05, 0) is 44.6 Å². The van der Waals surface area contributed by atoms with Crippen molar-refractivity contribution < 1.29 is 5.11 Å². The van der Waals surface area contributed by atoms with Crippen molar-refractivity contribution >= 4 is 0 Å². The quantitative estimate of drug-likeness (QED) is 0.805. The Hall–Kier alpha value is -0.160. The molecule has 122 valence electrons. The Morgan fingerprint density at radius 3 is 2.38 bits per heavy atom. The fourth-order valence-corrected chi connectivity index (χ4v) is 4.77. The van der Waals surface area contributed by atoms with Gasteiger partial charge in [0.25, 0.3) is 0 Å². The molecule has 0 spiro atoms.